The van der Waals surface area contributed by atoms with Crippen LogP contribution in [0.1, 0.15) is 44.9 Å². The second-order valence-electron chi connectivity index (χ2n) is 10.8. The van der Waals surface area contributed by atoms with E-state index >= 15 is 0 Å². The van der Waals surface area contributed by atoms with Gasteiger partial charge in [-0.3, -0.25) is 4.57 Å². The molecule has 3 heterocycles. The fourth-order valence-electron chi connectivity index (χ4n) is 5.40. The molecule has 1 fully saturated rings. The van der Waals surface area contributed by atoms with E-state index in [1.807, 2.05) is 0 Å². The highest BCUT2D eigenvalue weighted by Crippen LogP contribution is 2.46. The summed E-state index contributed by atoms with van der Waals surface area (Å²) in [5.41, 5.74) is 4.34. The number of ether oxygens (including phenoxy) is 4. The standard InChI is InChI=1S/C33H29N5O7/c1-32(18-42-29(39)21-12-6-3-7-13-21)25(43-30(40)22-14-8-4-9-15-22)26(44-31(41)23-16-10-5-11-17-23)33(2,45-32)38-20-37-24-27(34)35-19-36-28(24)38/h3-17,19-20,25-26H,18H2,1-2H3,(H2,34,35,36)/t25-,26+,32+,33?/m0/s1. The SMILES string of the molecule is CC1(n2cnc3c(N)ncnc32)O[C@](C)(COC(=O)c2ccccc2)[C@@H](OC(=O)c2ccccc2)[C@H]1OC(=O)c1ccccc1. The van der Waals surface area contributed by atoms with Gasteiger partial charge in [0, 0.05) is 0 Å². The number of nitrogens with zero attached hydrogens (tertiary/aromatic N) is 4. The largest absolute Gasteiger partial charge is 0.459 e. The summed E-state index contributed by atoms with van der Waals surface area (Å²) in [5, 5.41) is 0. The third-order valence-corrected chi connectivity index (χ3v) is 7.67. The van der Waals surface area contributed by atoms with Crippen LogP contribution in [-0.2, 0) is 24.7 Å². The summed E-state index contributed by atoms with van der Waals surface area (Å²) in [7, 11) is 0. The van der Waals surface area contributed by atoms with Crippen LogP contribution in [0.4, 0.5) is 5.82 Å². The van der Waals surface area contributed by atoms with Gasteiger partial charge in [0.05, 0.1) is 23.0 Å². The number of imidazole rings is 1. The smallest absolute Gasteiger partial charge is 0.338 e. The van der Waals surface area contributed by atoms with Crippen molar-refractivity contribution in [3.63, 3.8) is 0 Å². The number of benzene rings is 3. The number of fused-ring (bicyclic) bond motifs is 1. The molecule has 0 aliphatic carbocycles. The lowest BCUT2D eigenvalue weighted by molar-refractivity contribution is -0.172. The molecule has 228 valence electrons. The van der Waals surface area contributed by atoms with E-state index in [2.05, 4.69) is 15.0 Å². The molecule has 1 aliphatic heterocycles. The minimum atomic E-state index is -1.60. The molecular formula is C33H29N5O7. The fraction of sp³-hybridized carbons (Fsp3) is 0.212. The molecule has 4 atom stereocenters. The van der Waals surface area contributed by atoms with Crippen LogP contribution >= 0.6 is 0 Å². The predicted octanol–water partition coefficient (Wildman–Crippen LogP) is 4.18. The van der Waals surface area contributed by atoms with Crippen LogP contribution in [0.2, 0.25) is 0 Å². The Balaban J connectivity index is 1.45. The second-order valence-corrected chi connectivity index (χ2v) is 10.8. The summed E-state index contributed by atoms with van der Waals surface area (Å²) in [6.45, 7) is 2.89. The Kier molecular flexibility index (Phi) is 7.73. The van der Waals surface area contributed by atoms with Crippen molar-refractivity contribution in [2.75, 3.05) is 12.3 Å². The fourth-order valence-corrected chi connectivity index (χ4v) is 5.40. The zero-order valence-corrected chi connectivity index (χ0v) is 24.4. The second kappa shape index (κ2) is 11.8. The van der Waals surface area contributed by atoms with Crippen molar-refractivity contribution in [2.45, 2.75) is 37.4 Å². The predicted molar refractivity (Wildman–Crippen MR) is 161 cm³/mol. The number of esters is 3. The van der Waals surface area contributed by atoms with Gasteiger partial charge in [0.25, 0.3) is 0 Å². The number of aromatic nitrogens is 4. The summed E-state index contributed by atoms with van der Waals surface area (Å²) < 4.78 is 26.2. The van der Waals surface area contributed by atoms with Crippen molar-refractivity contribution in [3.8, 4) is 0 Å². The Labute approximate surface area is 257 Å². The Morgan fingerprint density at radius 2 is 1.27 bits per heavy atom. The van der Waals surface area contributed by atoms with E-state index in [1.165, 1.54) is 17.2 Å². The van der Waals surface area contributed by atoms with E-state index in [1.54, 1.807) is 105 Å². The number of nitrogen functional groups attached to an aromatic ring is 1. The summed E-state index contributed by atoms with van der Waals surface area (Å²) in [4.78, 5) is 52.8. The van der Waals surface area contributed by atoms with E-state index < -0.39 is 41.4 Å². The highest BCUT2D eigenvalue weighted by atomic mass is 16.7. The molecular weight excluding hydrogens is 578 g/mol. The van der Waals surface area contributed by atoms with Crippen LogP contribution in [0.25, 0.3) is 11.2 Å². The van der Waals surface area contributed by atoms with E-state index in [-0.39, 0.29) is 34.7 Å². The highest BCUT2D eigenvalue weighted by molar-refractivity contribution is 5.91. The Bertz CT molecular complexity index is 1850. The first-order valence-electron chi connectivity index (χ1n) is 14.1. The van der Waals surface area contributed by atoms with Gasteiger partial charge >= 0.3 is 17.9 Å². The van der Waals surface area contributed by atoms with Crippen molar-refractivity contribution in [1.29, 1.82) is 0 Å². The molecule has 1 unspecified atom stereocenters. The molecule has 5 aromatic rings. The van der Waals surface area contributed by atoms with Crippen LogP contribution in [0.15, 0.2) is 104 Å². The molecule has 1 saturated heterocycles. The normalized spacial score (nSPS) is 22.5. The van der Waals surface area contributed by atoms with Gasteiger partial charge in [0.2, 0.25) is 0 Å². The van der Waals surface area contributed by atoms with Gasteiger partial charge < -0.3 is 24.7 Å². The lowest BCUT2D eigenvalue weighted by Gasteiger charge is -2.32. The van der Waals surface area contributed by atoms with Crippen molar-refractivity contribution < 1.29 is 33.3 Å². The molecule has 45 heavy (non-hydrogen) atoms. The van der Waals surface area contributed by atoms with Gasteiger partial charge in [-0.1, -0.05) is 54.6 Å². The average molecular weight is 608 g/mol. The molecule has 0 saturated carbocycles. The van der Waals surface area contributed by atoms with E-state index in [4.69, 9.17) is 24.7 Å². The zero-order chi connectivity index (χ0) is 31.6. The average Bonchev–Trinajstić information content (AvgIpc) is 3.60. The number of carbonyl (C=O) groups excluding carboxylic acids is 3. The summed E-state index contributed by atoms with van der Waals surface area (Å²) in [5.74, 6) is -1.88. The molecule has 0 bridgehead atoms. The molecule has 0 amide bonds. The molecule has 2 aromatic heterocycles. The van der Waals surface area contributed by atoms with Gasteiger partial charge in [0.15, 0.2) is 29.4 Å². The molecule has 1 aliphatic rings. The number of anilines is 1. The summed E-state index contributed by atoms with van der Waals surface area (Å²) >= 11 is 0. The lowest BCUT2D eigenvalue weighted by atomic mass is 9.94. The molecule has 12 nitrogen and oxygen atoms in total. The number of rotatable bonds is 8. The van der Waals surface area contributed by atoms with Gasteiger partial charge in [-0.15, -0.1) is 0 Å². The maximum absolute atomic E-state index is 13.6. The topological polar surface area (TPSA) is 158 Å². The number of carbonyl (C=O) groups is 3. The van der Waals surface area contributed by atoms with Gasteiger partial charge in [0.1, 0.15) is 24.1 Å². The van der Waals surface area contributed by atoms with Crippen molar-refractivity contribution in [1.82, 2.24) is 19.5 Å². The van der Waals surface area contributed by atoms with Crippen LogP contribution in [0.5, 0.6) is 0 Å². The molecule has 3 aromatic carbocycles. The number of hydrogen-bond acceptors (Lipinski definition) is 11. The third kappa shape index (κ3) is 5.58. The monoisotopic (exact) mass is 607 g/mol. The first-order chi connectivity index (χ1) is 21.7. The number of nitrogens with two attached hydrogens (primary N) is 1. The highest BCUT2D eigenvalue weighted by Gasteiger charge is 2.65. The molecule has 0 radical (unpaired) electrons. The number of hydrogen-bond donors (Lipinski definition) is 1. The Hall–Kier alpha value is -5.62. The van der Waals surface area contributed by atoms with Gasteiger partial charge in [-0.2, -0.15) is 0 Å². The molecule has 0 spiro atoms. The maximum atomic E-state index is 13.6. The van der Waals surface area contributed by atoms with Crippen molar-refractivity contribution in [3.05, 3.63) is 120 Å². The summed E-state index contributed by atoms with van der Waals surface area (Å²) in [6.07, 6.45) is 0.110. The Morgan fingerprint density at radius 3 is 1.82 bits per heavy atom. The first kappa shape index (κ1) is 29.5. The van der Waals surface area contributed by atoms with E-state index in [0.29, 0.717) is 5.56 Å². The van der Waals surface area contributed by atoms with E-state index in [0.717, 1.165) is 0 Å². The quantitative estimate of drug-likeness (QED) is 0.199. The van der Waals surface area contributed by atoms with Crippen LogP contribution in [-0.4, -0.2) is 61.8 Å². The lowest BCUT2D eigenvalue weighted by Crippen LogP contribution is -2.50. The Morgan fingerprint density at radius 1 is 0.756 bits per heavy atom. The summed E-state index contributed by atoms with van der Waals surface area (Å²) in [6, 6.07) is 25.1. The van der Waals surface area contributed by atoms with Crippen molar-refractivity contribution in [2.24, 2.45) is 0 Å². The zero-order valence-electron chi connectivity index (χ0n) is 24.4. The van der Waals surface area contributed by atoms with E-state index in [9.17, 15) is 14.4 Å². The maximum Gasteiger partial charge on any atom is 0.338 e. The molecule has 2 N–H and O–H groups in total. The van der Waals surface area contributed by atoms with Crippen molar-refractivity contribution >= 4 is 34.9 Å². The molecule has 12 heteroatoms. The third-order valence-electron chi connectivity index (χ3n) is 7.67. The minimum absolute atomic E-state index is 0.129. The van der Waals surface area contributed by atoms with Gasteiger partial charge in [-0.05, 0) is 50.2 Å². The van der Waals surface area contributed by atoms with Gasteiger partial charge in [-0.25, -0.2) is 29.3 Å². The van der Waals surface area contributed by atoms with Crippen LogP contribution in [0, 0.1) is 0 Å². The molecule has 6 rings (SSSR count). The first-order valence-corrected chi connectivity index (χ1v) is 14.1. The van der Waals surface area contributed by atoms with Crippen LogP contribution < -0.4 is 5.73 Å². The minimum Gasteiger partial charge on any atom is -0.459 e. The van der Waals surface area contributed by atoms with Crippen LogP contribution in [0.3, 0.4) is 0 Å².